The third kappa shape index (κ3) is 5.94. The molecule has 0 bridgehead atoms. The number of rotatable bonds is 9. The van der Waals surface area contributed by atoms with E-state index in [-0.39, 0.29) is 17.2 Å². The fourth-order valence-electron chi connectivity index (χ4n) is 2.18. The molecule has 0 aliphatic heterocycles. The number of nitrogens with one attached hydrogen (secondary N) is 1. The van der Waals surface area contributed by atoms with Crippen molar-refractivity contribution in [3.8, 4) is 5.75 Å². The second kappa shape index (κ2) is 10.1. The minimum Gasteiger partial charge on any atom is -0.477 e. The molecule has 0 fully saturated rings. The highest BCUT2D eigenvalue weighted by Gasteiger charge is 2.27. The molecular weight excluding hydrogens is 360 g/mol. The summed E-state index contributed by atoms with van der Waals surface area (Å²) in [5.41, 5.74) is -0.513. The standard InChI is InChI=1S/C17H22N2O8/c1-5-10(2)15(17(22)26-4)18-14(20)9-27-13-7-6-11(16(21)25-3)8-12(13)19(23)24/h6-8,10,15H,5,9H2,1-4H3,(H,18,20)/t10-,15-/m1/s1. The zero-order valence-electron chi connectivity index (χ0n) is 15.5. The molecule has 1 aromatic rings. The predicted octanol–water partition coefficient (Wildman–Crippen LogP) is 1.46. The SMILES string of the molecule is CC[C@@H](C)[C@@H](NC(=O)COc1ccc(C(=O)OC)cc1[N+](=O)[O-])C(=O)OC. The van der Waals surface area contributed by atoms with E-state index in [1.54, 1.807) is 6.92 Å². The Labute approximate surface area is 155 Å². The van der Waals surface area contributed by atoms with Crippen LogP contribution in [0.15, 0.2) is 18.2 Å². The maximum Gasteiger partial charge on any atom is 0.338 e. The third-order valence-electron chi connectivity index (χ3n) is 3.92. The second-order valence-corrected chi connectivity index (χ2v) is 5.67. The van der Waals surface area contributed by atoms with Crippen molar-refractivity contribution < 1.29 is 33.5 Å². The summed E-state index contributed by atoms with van der Waals surface area (Å²) in [4.78, 5) is 45.8. The largest absolute Gasteiger partial charge is 0.477 e. The molecule has 0 unspecified atom stereocenters. The Bertz CT molecular complexity index is 719. The first-order valence-electron chi connectivity index (χ1n) is 8.11. The summed E-state index contributed by atoms with van der Waals surface area (Å²) >= 11 is 0. The number of carbonyl (C=O) groups is 3. The minimum absolute atomic E-state index is 0.0245. The first kappa shape index (κ1) is 21.9. The van der Waals surface area contributed by atoms with Crippen LogP contribution in [-0.2, 0) is 19.1 Å². The highest BCUT2D eigenvalue weighted by molar-refractivity contribution is 5.90. The Morgan fingerprint density at radius 1 is 1.22 bits per heavy atom. The summed E-state index contributed by atoms with van der Waals surface area (Å²) in [7, 11) is 2.37. The van der Waals surface area contributed by atoms with Crippen molar-refractivity contribution in [1.82, 2.24) is 5.32 Å². The van der Waals surface area contributed by atoms with Gasteiger partial charge in [-0.25, -0.2) is 9.59 Å². The fourth-order valence-corrected chi connectivity index (χ4v) is 2.18. The lowest BCUT2D eigenvalue weighted by Gasteiger charge is -2.21. The molecule has 2 atom stereocenters. The van der Waals surface area contributed by atoms with E-state index in [1.165, 1.54) is 19.2 Å². The van der Waals surface area contributed by atoms with Crippen molar-refractivity contribution in [1.29, 1.82) is 0 Å². The molecule has 148 valence electrons. The van der Waals surface area contributed by atoms with Gasteiger partial charge in [-0.3, -0.25) is 14.9 Å². The molecule has 0 saturated carbocycles. The maximum atomic E-state index is 12.1. The van der Waals surface area contributed by atoms with Crippen LogP contribution in [0.4, 0.5) is 5.69 Å². The summed E-state index contributed by atoms with van der Waals surface area (Å²) in [5.74, 6) is -2.34. The summed E-state index contributed by atoms with van der Waals surface area (Å²) in [6.45, 7) is 3.08. The second-order valence-electron chi connectivity index (χ2n) is 5.67. The van der Waals surface area contributed by atoms with Gasteiger partial charge in [-0.1, -0.05) is 20.3 Å². The van der Waals surface area contributed by atoms with Crippen LogP contribution in [-0.4, -0.2) is 49.6 Å². The lowest BCUT2D eigenvalue weighted by atomic mass is 9.99. The van der Waals surface area contributed by atoms with Crippen LogP contribution in [0.2, 0.25) is 0 Å². The van der Waals surface area contributed by atoms with Crippen molar-refractivity contribution in [2.75, 3.05) is 20.8 Å². The number of amides is 1. The number of hydrogen-bond donors (Lipinski definition) is 1. The van der Waals surface area contributed by atoms with Gasteiger partial charge in [0.2, 0.25) is 0 Å². The van der Waals surface area contributed by atoms with Crippen LogP contribution in [0.25, 0.3) is 0 Å². The minimum atomic E-state index is -0.854. The van der Waals surface area contributed by atoms with Gasteiger partial charge in [-0.15, -0.1) is 0 Å². The van der Waals surface area contributed by atoms with E-state index in [4.69, 9.17) is 4.74 Å². The van der Waals surface area contributed by atoms with Crippen LogP contribution in [0, 0.1) is 16.0 Å². The van der Waals surface area contributed by atoms with Crippen LogP contribution in [0.3, 0.4) is 0 Å². The molecule has 0 saturated heterocycles. The maximum absolute atomic E-state index is 12.1. The summed E-state index contributed by atoms with van der Waals surface area (Å²) in [6.07, 6.45) is 0.626. The monoisotopic (exact) mass is 382 g/mol. The average Bonchev–Trinajstić information content (AvgIpc) is 2.68. The van der Waals surface area contributed by atoms with Crippen LogP contribution >= 0.6 is 0 Å². The highest BCUT2D eigenvalue weighted by atomic mass is 16.6. The number of nitro benzene ring substituents is 1. The Morgan fingerprint density at radius 2 is 1.89 bits per heavy atom. The molecule has 27 heavy (non-hydrogen) atoms. The van der Waals surface area contributed by atoms with Crippen molar-refractivity contribution in [2.45, 2.75) is 26.3 Å². The van der Waals surface area contributed by atoms with Gasteiger partial charge in [-0.2, -0.15) is 0 Å². The number of nitro groups is 1. The number of hydrogen-bond acceptors (Lipinski definition) is 8. The van der Waals surface area contributed by atoms with E-state index >= 15 is 0 Å². The zero-order valence-corrected chi connectivity index (χ0v) is 15.5. The van der Waals surface area contributed by atoms with Gasteiger partial charge in [0.05, 0.1) is 24.7 Å². The number of methoxy groups -OCH3 is 2. The van der Waals surface area contributed by atoms with Crippen LogP contribution in [0.5, 0.6) is 5.75 Å². The van der Waals surface area contributed by atoms with Crippen LogP contribution < -0.4 is 10.1 Å². The van der Waals surface area contributed by atoms with Crippen molar-refractivity contribution in [3.63, 3.8) is 0 Å². The molecule has 0 radical (unpaired) electrons. The smallest absolute Gasteiger partial charge is 0.338 e. The fraction of sp³-hybridized carbons (Fsp3) is 0.471. The van der Waals surface area contributed by atoms with Gasteiger partial charge >= 0.3 is 17.6 Å². The number of nitrogens with zero attached hydrogens (tertiary/aromatic N) is 1. The predicted molar refractivity (Wildman–Crippen MR) is 93.3 cm³/mol. The lowest BCUT2D eigenvalue weighted by molar-refractivity contribution is -0.385. The normalized spacial score (nSPS) is 12.4. The highest BCUT2D eigenvalue weighted by Crippen LogP contribution is 2.28. The molecule has 1 rings (SSSR count). The van der Waals surface area contributed by atoms with Crippen molar-refractivity contribution in [2.24, 2.45) is 5.92 Å². The van der Waals surface area contributed by atoms with Gasteiger partial charge in [0.1, 0.15) is 6.04 Å². The molecular formula is C17H22N2O8. The number of esters is 2. The van der Waals surface area contributed by atoms with Gasteiger partial charge in [0.25, 0.3) is 5.91 Å². The molecule has 1 amide bonds. The van der Waals surface area contributed by atoms with Gasteiger partial charge < -0.3 is 19.5 Å². The number of carbonyl (C=O) groups excluding carboxylic acids is 3. The lowest BCUT2D eigenvalue weighted by Crippen LogP contribution is -2.47. The van der Waals surface area contributed by atoms with Gasteiger partial charge in [0.15, 0.2) is 12.4 Å². The molecule has 0 spiro atoms. The number of ether oxygens (including phenoxy) is 3. The van der Waals surface area contributed by atoms with Crippen LogP contribution in [0.1, 0.15) is 30.6 Å². The first-order chi connectivity index (χ1) is 12.7. The summed E-state index contributed by atoms with van der Waals surface area (Å²) in [6, 6.07) is 2.62. The third-order valence-corrected chi connectivity index (χ3v) is 3.92. The number of benzene rings is 1. The van der Waals surface area contributed by atoms with E-state index in [0.29, 0.717) is 6.42 Å². The summed E-state index contributed by atoms with van der Waals surface area (Å²) < 4.78 is 14.4. The molecule has 10 nitrogen and oxygen atoms in total. The molecule has 10 heteroatoms. The van der Waals surface area contributed by atoms with E-state index in [9.17, 15) is 24.5 Å². The average molecular weight is 382 g/mol. The quantitative estimate of drug-likeness (QED) is 0.385. The van der Waals surface area contributed by atoms with E-state index in [2.05, 4.69) is 14.8 Å². The van der Waals surface area contributed by atoms with E-state index < -0.39 is 41.1 Å². The molecule has 0 heterocycles. The van der Waals surface area contributed by atoms with Crippen molar-refractivity contribution >= 4 is 23.5 Å². The van der Waals surface area contributed by atoms with Gasteiger partial charge in [-0.05, 0) is 18.1 Å². The van der Waals surface area contributed by atoms with Gasteiger partial charge in [0, 0.05) is 6.07 Å². The Kier molecular flexibility index (Phi) is 8.18. The molecule has 0 aliphatic rings. The Morgan fingerprint density at radius 3 is 2.41 bits per heavy atom. The Balaban J connectivity index is 2.87. The van der Waals surface area contributed by atoms with E-state index in [1.807, 2.05) is 6.92 Å². The summed E-state index contributed by atoms with van der Waals surface area (Å²) in [5, 5.41) is 13.7. The zero-order chi connectivity index (χ0) is 20.6. The Hall–Kier alpha value is -3.17. The molecule has 1 aromatic carbocycles. The first-order valence-corrected chi connectivity index (χ1v) is 8.11. The van der Waals surface area contributed by atoms with E-state index in [0.717, 1.165) is 13.2 Å². The molecule has 0 aromatic heterocycles. The topological polar surface area (TPSA) is 134 Å². The molecule has 1 N–H and O–H groups in total. The van der Waals surface area contributed by atoms with Crippen molar-refractivity contribution in [3.05, 3.63) is 33.9 Å². The molecule has 0 aliphatic carbocycles.